The number of carbonyl (C=O) groups excluding carboxylic acids is 1. The molecule has 0 aliphatic carbocycles. The van der Waals surface area contributed by atoms with Crippen LogP contribution in [0.5, 0.6) is 0 Å². The van der Waals surface area contributed by atoms with Crippen LogP contribution in [0.1, 0.15) is 4.88 Å². The molecule has 0 saturated heterocycles. The maximum absolute atomic E-state index is 13.7. The number of nitrogens with two attached hydrogens (primary N) is 1. The van der Waals surface area contributed by atoms with E-state index in [1.165, 1.54) is 0 Å². The topological polar surface area (TPSA) is 68.0 Å². The zero-order valence-corrected chi connectivity index (χ0v) is 11.2. The standard InChI is InChI=1S/C12H10F3N3OS/c1-5-11(18-12(20-5)17-9(19)4-16)10-7(14)2-6(13)3-8(10)15/h2-3H,4,16H2,1H3,(H,17,18,19). The van der Waals surface area contributed by atoms with E-state index in [1.807, 2.05) is 0 Å². The first-order valence-corrected chi connectivity index (χ1v) is 6.36. The fourth-order valence-corrected chi connectivity index (χ4v) is 2.46. The molecule has 20 heavy (non-hydrogen) atoms. The summed E-state index contributed by atoms with van der Waals surface area (Å²) >= 11 is 1.05. The summed E-state index contributed by atoms with van der Waals surface area (Å²) in [6.45, 7) is 1.36. The highest BCUT2D eigenvalue weighted by molar-refractivity contribution is 7.16. The quantitative estimate of drug-likeness (QED) is 0.915. The lowest BCUT2D eigenvalue weighted by molar-refractivity contribution is -0.114. The van der Waals surface area contributed by atoms with E-state index in [0.29, 0.717) is 17.0 Å². The highest BCUT2D eigenvalue weighted by atomic mass is 32.1. The maximum Gasteiger partial charge on any atom is 0.239 e. The molecule has 106 valence electrons. The first-order valence-electron chi connectivity index (χ1n) is 5.54. The van der Waals surface area contributed by atoms with Crippen molar-refractivity contribution in [3.05, 3.63) is 34.5 Å². The van der Waals surface area contributed by atoms with Crippen LogP contribution in [-0.4, -0.2) is 17.4 Å². The normalized spacial score (nSPS) is 10.7. The Kier molecular flexibility index (Phi) is 4.05. The number of aryl methyl sites for hydroxylation is 1. The summed E-state index contributed by atoms with van der Waals surface area (Å²) in [6, 6.07) is 1.16. The Bertz CT molecular complexity index is 649. The molecule has 0 radical (unpaired) electrons. The van der Waals surface area contributed by atoms with Crippen LogP contribution in [0.25, 0.3) is 11.3 Å². The number of amides is 1. The molecule has 4 nitrogen and oxygen atoms in total. The molecule has 1 amide bonds. The summed E-state index contributed by atoms with van der Waals surface area (Å²) in [7, 11) is 0. The van der Waals surface area contributed by atoms with Gasteiger partial charge in [0.05, 0.1) is 17.8 Å². The molecule has 2 aromatic rings. The van der Waals surface area contributed by atoms with Gasteiger partial charge in [-0.3, -0.25) is 4.79 Å². The summed E-state index contributed by atoms with van der Waals surface area (Å²) in [4.78, 5) is 15.6. The van der Waals surface area contributed by atoms with Gasteiger partial charge in [0.15, 0.2) is 5.13 Å². The van der Waals surface area contributed by atoms with E-state index in [-0.39, 0.29) is 17.4 Å². The van der Waals surface area contributed by atoms with Crippen molar-refractivity contribution in [2.24, 2.45) is 5.73 Å². The predicted octanol–water partition coefficient (Wildman–Crippen LogP) is 2.43. The second-order valence-electron chi connectivity index (χ2n) is 3.92. The number of rotatable bonds is 3. The Hall–Kier alpha value is -1.93. The van der Waals surface area contributed by atoms with Crippen LogP contribution < -0.4 is 11.1 Å². The van der Waals surface area contributed by atoms with Gasteiger partial charge in [-0.25, -0.2) is 18.2 Å². The van der Waals surface area contributed by atoms with Gasteiger partial charge in [0.2, 0.25) is 5.91 Å². The number of aromatic nitrogens is 1. The minimum atomic E-state index is -1.05. The molecule has 0 fully saturated rings. The van der Waals surface area contributed by atoms with Crippen LogP contribution in [-0.2, 0) is 4.79 Å². The van der Waals surface area contributed by atoms with Gasteiger partial charge < -0.3 is 11.1 Å². The van der Waals surface area contributed by atoms with Crippen molar-refractivity contribution in [1.82, 2.24) is 4.98 Å². The molecule has 0 aliphatic rings. The van der Waals surface area contributed by atoms with E-state index in [1.54, 1.807) is 6.92 Å². The minimum Gasteiger partial charge on any atom is -0.322 e. The van der Waals surface area contributed by atoms with Crippen molar-refractivity contribution in [2.45, 2.75) is 6.92 Å². The average Bonchev–Trinajstić information content (AvgIpc) is 2.69. The lowest BCUT2D eigenvalue weighted by atomic mass is 10.1. The first kappa shape index (κ1) is 14.5. The molecular weight excluding hydrogens is 291 g/mol. The van der Waals surface area contributed by atoms with Crippen LogP contribution in [0.4, 0.5) is 18.3 Å². The smallest absolute Gasteiger partial charge is 0.239 e. The van der Waals surface area contributed by atoms with Crippen LogP contribution >= 0.6 is 11.3 Å². The summed E-state index contributed by atoms with van der Waals surface area (Å²) in [6.07, 6.45) is 0. The number of carbonyl (C=O) groups is 1. The van der Waals surface area contributed by atoms with Crippen LogP contribution in [0, 0.1) is 24.4 Å². The average molecular weight is 301 g/mol. The molecule has 0 spiro atoms. The van der Waals surface area contributed by atoms with Gasteiger partial charge >= 0.3 is 0 Å². The van der Waals surface area contributed by atoms with E-state index in [4.69, 9.17) is 5.73 Å². The number of benzene rings is 1. The van der Waals surface area contributed by atoms with Crippen molar-refractivity contribution in [3.8, 4) is 11.3 Å². The van der Waals surface area contributed by atoms with E-state index in [2.05, 4.69) is 10.3 Å². The van der Waals surface area contributed by atoms with E-state index in [9.17, 15) is 18.0 Å². The number of halogens is 3. The fraction of sp³-hybridized carbons (Fsp3) is 0.167. The molecular formula is C12H10F3N3OS. The highest BCUT2D eigenvalue weighted by Gasteiger charge is 2.19. The number of anilines is 1. The Morgan fingerprint density at radius 2 is 1.95 bits per heavy atom. The van der Waals surface area contributed by atoms with Gasteiger partial charge in [-0.15, -0.1) is 11.3 Å². The van der Waals surface area contributed by atoms with E-state index >= 15 is 0 Å². The largest absolute Gasteiger partial charge is 0.322 e. The minimum absolute atomic E-state index is 0.0253. The second-order valence-corrected chi connectivity index (χ2v) is 5.12. The number of hydrogen-bond acceptors (Lipinski definition) is 4. The lowest BCUT2D eigenvalue weighted by Gasteiger charge is -2.03. The Morgan fingerprint density at radius 1 is 1.35 bits per heavy atom. The summed E-state index contributed by atoms with van der Waals surface area (Å²) in [5, 5.41) is 2.57. The Balaban J connectivity index is 2.46. The predicted molar refractivity (Wildman–Crippen MR) is 69.8 cm³/mol. The molecule has 1 aromatic carbocycles. The first-order chi connectivity index (χ1) is 9.42. The highest BCUT2D eigenvalue weighted by Crippen LogP contribution is 2.33. The zero-order valence-electron chi connectivity index (χ0n) is 10.3. The molecule has 1 aromatic heterocycles. The van der Waals surface area contributed by atoms with Gasteiger partial charge in [-0.05, 0) is 6.92 Å². The van der Waals surface area contributed by atoms with Crippen LogP contribution in [0.15, 0.2) is 12.1 Å². The Labute approximate surface area is 116 Å². The number of nitrogens with zero attached hydrogens (tertiary/aromatic N) is 1. The van der Waals surface area contributed by atoms with E-state index < -0.39 is 28.9 Å². The molecule has 3 N–H and O–H groups in total. The Morgan fingerprint density at radius 3 is 2.50 bits per heavy atom. The molecule has 0 bridgehead atoms. The number of hydrogen-bond donors (Lipinski definition) is 2. The van der Waals surface area contributed by atoms with Gasteiger partial charge in [0.25, 0.3) is 0 Å². The number of nitrogens with one attached hydrogen (secondary N) is 1. The van der Waals surface area contributed by atoms with Crippen molar-refractivity contribution in [1.29, 1.82) is 0 Å². The third-order valence-electron chi connectivity index (χ3n) is 2.47. The molecule has 1 heterocycles. The monoisotopic (exact) mass is 301 g/mol. The van der Waals surface area contributed by atoms with Crippen molar-refractivity contribution < 1.29 is 18.0 Å². The molecule has 0 unspecified atom stereocenters. The van der Waals surface area contributed by atoms with Crippen molar-refractivity contribution in [3.63, 3.8) is 0 Å². The molecule has 8 heteroatoms. The van der Waals surface area contributed by atoms with Gasteiger partial charge in [-0.2, -0.15) is 0 Å². The third-order valence-corrected chi connectivity index (χ3v) is 3.36. The molecule has 0 atom stereocenters. The summed E-state index contributed by atoms with van der Waals surface area (Å²) in [5.41, 5.74) is 4.75. The zero-order chi connectivity index (χ0) is 14.9. The maximum atomic E-state index is 13.7. The fourth-order valence-electron chi connectivity index (χ4n) is 1.62. The van der Waals surface area contributed by atoms with Gasteiger partial charge in [0, 0.05) is 17.0 Å². The van der Waals surface area contributed by atoms with Crippen molar-refractivity contribution >= 4 is 22.4 Å². The summed E-state index contributed by atoms with van der Waals surface area (Å²) < 4.78 is 40.3. The molecule has 2 rings (SSSR count). The SMILES string of the molecule is Cc1sc(NC(=O)CN)nc1-c1c(F)cc(F)cc1F. The number of thiazole rings is 1. The third kappa shape index (κ3) is 2.81. The van der Waals surface area contributed by atoms with Crippen molar-refractivity contribution in [2.75, 3.05) is 11.9 Å². The second kappa shape index (κ2) is 5.59. The summed E-state index contributed by atoms with van der Waals surface area (Å²) in [5.74, 6) is -3.57. The molecule has 0 aliphatic heterocycles. The lowest BCUT2D eigenvalue weighted by Crippen LogP contribution is -2.21. The molecule has 0 saturated carbocycles. The van der Waals surface area contributed by atoms with Gasteiger partial charge in [0.1, 0.15) is 17.5 Å². The van der Waals surface area contributed by atoms with Crippen LogP contribution in [0.2, 0.25) is 0 Å². The van der Waals surface area contributed by atoms with Crippen LogP contribution in [0.3, 0.4) is 0 Å². The van der Waals surface area contributed by atoms with Gasteiger partial charge in [-0.1, -0.05) is 0 Å². The van der Waals surface area contributed by atoms with E-state index in [0.717, 1.165) is 11.3 Å².